The number of aromatic nitrogens is 1. The molecule has 0 fully saturated rings. The number of nitrogens with zero attached hydrogens (tertiary/aromatic N) is 1. The highest BCUT2D eigenvalue weighted by atomic mass is 32.1. The van der Waals surface area contributed by atoms with Gasteiger partial charge in [0.2, 0.25) is 5.91 Å². The van der Waals surface area contributed by atoms with Crippen LogP contribution in [0.5, 0.6) is 0 Å². The number of nitrogens with one attached hydrogen (secondary N) is 1. The van der Waals surface area contributed by atoms with E-state index in [9.17, 15) is 9.59 Å². The average Bonchev–Trinajstić information content (AvgIpc) is 3.02. The van der Waals surface area contributed by atoms with Gasteiger partial charge in [-0.05, 0) is 5.92 Å². The lowest BCUT2D eigenvalue weighted by Gasteiger charge is -2.20. The molecule has 0 spiro atoms. The third kappa shape index (κ3) is 3.71. The smallest absolute Gasteiger partial charge is 0.263 e. The van der Waals surface area contributed by atoms with Crippen molar-refractivity contribution in [3.05, 3.63) is 41.4 Å². The molecule has 0 saturated heterocycles. The summed E-state index contributed by atoms with van der Waals surface area (Å²) < 4.78 is 0. The second kappa shape index (κ2) is 7.17. The fraction of sp³-hybridized carbons (Fsp3) is 0.312. The minimum absolute atomic E-state index is 0.0111. The van der Waals surface area contributed by atoms with Crippen molar-refractivity contribution >= 4 is 23.2 Å². The quantitative estimate of drug-likeness (QED) is 0.858. The van der Waals surface area contributed by atoms with E-state index in [-0.39, 0.29) is 11.8 Å². The van der Waals surface area contributed by atoms with E-state index in [2.05, 4.69) is 10.3 Å². The Morgan fingerprint density at radius 3 is 2.59 bits per heavy atom. The van der Waals surface area contributed by atoms with Crippen LogP contribution in [0.25, 0.3) is 10.6 Å². The summed E-state index contributed by atoms with van der Waals surface area (Å²) in [6.07, 6.45) is 2.28. The Balaban J connectivity index is 2.13. The summed E-state index contributed by atoms with van der Waals surface area (Å²) in [7, 11) is 0. The molecule has 2 aromatic rings. The van der Waals surface area contributed by atoms with Crippen LogP contribution in [0, 0.1) is 5.92 Å². The van der Waals surface area contributed by atoms with Crippen molar-refractivity contribution in [2.24, 2.45) is 11.7 Å². The normalized spacial score (nSPS) is 13.4. The summed E-state index contributed by atoms with van der Waals surface area (Å²) in [5.74, 6) is -0.845. The molecule has 2 rings (SSSR count). The van der Waals surface area contributed by atoms with Gasteiger partial charge in [-0.15, -0.1) is 11.3 Å². The summed E-state index contributed by atoms with van der Waals surface area (Å²) in [5.41, 5.74) is 6.33. The van der Waals surface area contributed by atoms with Gasteiger partial charge in [-0.3, -0.25) is 9.59 Å². The molecule has 1 aromatic carbocycles. The zero-order chi connectivity index (χ0) is 16.1. The molecule has 5 nitrogen and oxygen atoms in total. The fourth-order valence-corrected chi connectivity index (χ4v) is 2.86. The number of nitrogens with two attached hydrogens (primary N) is 1. The van der Waals surface area contributed by atoms with Gasteiger partial charge in [0.1, 0.15) is 15.9 Å². The topological polar surface area (TPSA) is 85.1 Å². The molecule has 1 heterocycles. The lowest BCUT2D eigenvalue weighted by molar-refractivity contribution is -0.120. The molecule has 0 aliphatic carbocycles. The van der Waals surface area contributed by atoms with Gasteiger partial charge in [-0.1, -0.05) is 50.6 Å². The van der Waals surface area contributed by atoms with Gasteiger partial charge in [0.15, 0.2) is 0 Å². The van der Waals surface area contributed by atoms with Crippen LogP contribution in [0.3, 0.4) is 0 Å². The first kappa shape index (κ1) is 16.2. The summed E-state index contributed by atoms with van der Waals surface area (Å²) in [4.78, 5) is 28.5. The van der Waals surface area contributed by atoms with E-state index in [1.165, 1.54) is 17.5 Å². The second-order valence-electron chi connectivity index (χ2n) is 5.13. The molecule has 0 bridgehead atoms. The van der Waals surface area contributed by atoms with Crippen molar-refractivity contribution in [1.29, 1.82) is 0 Å². The van der Waals surface area contributed by atoms with Gasteiger partial charge in [0.05, 0.1) is 6.20 Å². The van der Waals surface area contributed by atoms with Gasteiger partial charge in [0, 0.05) is 5.56 Å². The predicted molar refractivity (Wildman–Crippen MR) is 87.5 cm³/mol. The number of hydrogen-bond donors (Lipinski definition) is 2. The molecule has 3 N–H and O–H groups in total. The summed E-state index contributed by atoms with van der Waals surface area (Å²) in [6, 6.07) is 8.97. The number of amides is 2. The van der Waals surface area contributed by atoms with Crippen molar-refractivity contribution < 1.29 is 9.59 Å². The Hall–Kier alpha value is -2.21. The molecule has 2 atom stereocenters. The highest BCUT2D eigenvalue weighted by Crippen LogP contribution is 2.24. The summed E-state index contributed by atoms with van der Waals surface area (Å²) in [5, 5.41) is 3.47. The highest BCUT2D eigenvalue weighted by Gasteiger charge is 2.25. The van der Waals surface area contributed by atoms with Gasteiger partial charge >= 0.3 is 0 Å². The number of carbonyl (C=O) groups is 2. The largest absolute Gasteiger partial charge is 0.368 e. The maximum Gasteiger partial charge on any atom is 0.263 e. The van der Waals surface area contributed by atoms with E-state index in [4.69, 9.17) is 5.73 Å². The lowest BCUT2D eigenvalue weighted by atomic mass is 9.98. The molecule has 116 valence electrons. The van der Waals surface area contributed by atoms with Crippen LogP contribution in [-0.2, 0) is 4.79 Å². The van der Waals surface area contributed by atoms with E-state index < -0.39 is 11.9 Å². The van der Waals surface area contributed by atoms with Crippen LogP contribution in [0.4, 0.5) is 0 Å². The summed E-state index contributed by atoms with van der Waals surface area (Å²) >= 11 is 1.29. The highest BCUT2D eigenvalue weighted by molar-refractivity contribution is 7.16. The molecule has 2 amide bonds. The van der Waals surface area contributed by atoms with Crippen LogP contribution in [0.2, 0.25) is 0 Å². The van der Waals surface area contributed by atoms with Crippen LogP contribution >= 0.6 is 11.3 Å². The first-order valence-corrected chi connectivity index (χ1v) is 7.96. The van der Waals surface area contributed by atoms with E-state index >= 15 is 0 Å². The van der Waals surface area contributed by atoms with Crippen LogP contribution in [0.15, 0.2) is 36.5 Å². The number of thiazole rings is 1. The van der Waals surface area contributed by atoms with Gasteiger partial charge < -0.3 is 11.1 Å². The molecule has 6 heteroatoms. The van der Waals surface area contributed by atoms with Gasteiger partial charge in [-0.25, -0.2) is 4.98 Å². The number of carbonyl (C=O) groups excluding carboxylic acids is 2. The van der Waals surface area contributed by atoms with Gasteiger partial charge in [-0.2, -0.15) is 0 Å². The standard InChI is InChI=1S/C16H19N3O2S/c1-3-10(2)13(14(17)20)19-15(21)12-9-18-16(22-12)11-7-5-4-6-8-11/h4-10,13H,3H2,1-2H3,(H2,17,20)(H,19,21). The van der Waals surface area contributed by atoms with Crippen molar-refractivity contribution in [2.45, 2.75) is 26.3 Å². The van der Waals surface area contributed by atoms with Crippen LogP contribution in [-0.4, -0.2) is 22.8 Å². The molecule has 0 aliphatic heterocycles. The molecular weight excluding hydrogens is 298 g/mol. The number of benzene rings is 1. The Labute approximate surface area is 133 Å². The first-order valence-electron chi connectivity index (χ1n) is 7.14. The molecule has 2 unspecified atom stereocenters. The maximum absolute atomic E-state index is 12.3. The second-order valence-corrected chi connectivity index (χ2v) is 6.17. The number of rotatable bonds is 6. The Bertz CT molecular complexity index is 654. The Morgan fingerprint density at radius 1 is 1.32 bits per heavy atom. The maximum atomic E-state index is 12.3. The third-order valence-electron chi connectivity index (χ3n) is 3.56. The van der Waals surface area contributed by atoms with Crippen molar-refractivity contribution in [1.82, 2.24) is 10.3 Å². The first-order chi connectivity index (χ1) is 10.5. The lowest BCUT2D eigenvalue weighted by Crippen LogP contribution is -2.48. The predicted octanol–water partition coefficient (Wildman–Crippen LogP) is 2.44. The Morgan fingerprint density at radius 2 is 2.00 bits per heavy atom. The van der Waals surface area contributed by atoms with Crippen molar-refractivity contribution in [3.8, 4) is 10.6 Å². The minimum Gasteiger partial charge on any atom is -0.368 e. The summed E-state index contributed by atoms with van der Waals surface area (Å²) in [6.45, 7) is 3.84. The van der Waals surface area contributed by atoms with E-state index in [1.807, 2.05) is 44.2 Å². The van der Waals surface area contributed by atoms with Crippen molar-refractivity contribution in [3.63, 3.8) is 0 Å². The molecule has 0 radical (unpaired) electrons. The average molecular weight is 317 g/mol. The fourth-order valence-electron chi connectivity index (χ4n) is 2.04. The molecule has 0 aliphatic rings. The zero-order valence-corrected chi connectivity index (χ0v) is 13.4. The molecule has 1 aromatic heterocycles. The minimum atomic E-state index is -0.667. The molecular formula is C16H19N3O2S. The van der Waals surface area contributed by atoms with Gasteiger partial charge in [0.25, 0.3) is 5.91 Å². The van der Waals surface area contributed by atoms with E-state index in [1.54, 1.807) is 0 Å². The Kier molecular flexibility index (Phi) is 5.27. The molecule has 22 heavy (non-hydrogen) atoms. The van der Waals surface area contributed by atoms with Crippen LogP contribution in [0.1, 0.15) is 29.9 Å². The van der Waals surface area contributed by atoms with E-state index in [0.29, 0.717) is 4.88 Å². The van der Waals surface area contributed by atoms with E-state index in [0.717, 1.165) is 17.0 Å². The number of primary amides is 1. The number of hydrogen-bond acceptors (Lipinski definition) is 4. The molecule has 0 saturated carbocycles. The SMILES string of the molecule is CCC(C)C(NC(=O)c1cnc(-c2ccccc2)s1)C(N)=O. The monoisotopic (exact) mass is 317 g/mol. The van der Waals surface area contributed by atoms with Crippen LogP contribution < -0.4 is 11.1 Å². The zero-order valence-electron chi connectivity index (χ0n) is 12.6. The van der Waals surface area contributed by atoms with Crippen molar-refractivity contribution in [2.75, 3.05) is 0 Å². The third-order valence-corrected chi connectivity index (χ3v) is 4.60.